The molecule has 0 amide bonds. The third-order valence-corrected chi connectivity index (χ3v) is 10.7. The molecule has 0 bridgehead atoms. The lowest BCUT2D eigenvalue weighted by Crippen LogP contribution is -2.54. The van der Waals surface area contributed by atoms with Crippen LogP contribution in [0.4, 0.5) is 0 Å². The summed E-state index contributed by atoms with van der Waals surface area (Å²) in [4.78, 5) is 2.75. The maximum Gasteiger partial charge on any atom is 0.0522 e. The number of rotatable bonds is 4. The molecule has 6 atom stereocenters. The molecule has 30 heavy (non-hydrogen) atoms. The summed E-state index contributed by atoms with van der Waals surface area (Å²) in [5.41, 5.74) is 4.62. The molecule has 1 aliphatic heterocycles. The van der Waals surface area contributed by atoms with Crippen LogP contribution in [-0.4, -0.2) is 58.0 Å². The summed E-state index contributed by atoms with van der Waals surface area (Å²) in [7, 11) is 0. The van der Waals surface area contributed by atoms with Crippen molar-refractivity contribution in [1.82, 2.24) is 15.1 Å². The monoisotopic (exact) mass is 429 g/mol. The standard InChI is InChI=1S/C25H39N3OS/c1-17-4-5-21-20(15-28-8-10-30-11-9-28)22(6-7-24(17,21)2)25(3)13-18-14-26-27-23(18)12-19(25)16-29/h14,19-22,29H,1,4-13,15-16H2,2-3H3,(H,26,27)/t19-,20?,21?,22?,24?,25+/m1/s1. The summed E-state index contributed by atoms with van der Waals surface area (Å²) in [5.74, 6) is 5.00. The highest BCUT2D eigenvalue weighted by Gasteiger charge is 2.57. The number of hydrogen-bond acceptors (Lipinski definition) is 4. The number of aliphatic hydroxyl groups excluding tert-OH is 1. The van der Waals surface area contributed by atoms with Gasteiger partial charge in [0.1, 0.15) is 0 Å². The number of aromatic nitrogens is 2. The van der Waals surface area contributed by atoms with Gasteiger partial charge >= 0.3 is 0 Å². The Balaban J connectivity index is 1.49. The highest BCUT2D eigenvalue weighted by atomic mass is 32.2. The summed E-state index contributed by atoms with van der Waals surface area (Å²) in [5, 5.41) is 18.0. The maximum atomic E-state index is 10.4. The topological polar surface area (TPSA) is 52.2 Å². The number of thioether (sulfide) groups is 1. The van der Waals surface area contributed by atoms with Crippen molar-refractivity contribution in [2.75, 3.05) is 37.7 Å². The quantitative estimate of drug-likeness (QED) is 0.706. The van der Waals surface area contributed by atoms with Crippen molar-refractivity contribution < 1.29 is 5.11 Å². The number of allylic oxidation sites excluding steroid dienone is 1. The van der Waals surface area contributed by atoms with Crippen molar-refractivity contribution in [3.63, 3.8) is 0 Å². The molecule has 1 saturated heterocycles. The smallest absolute Gasteiger partial charge is 0.0522 e. The minimum Gasteiger partial charge on any atom is -0.396 e. The Hall–Kier alpha value is -0.780. The summed E-state index contributed by atoms with van der Waals surface area (Å²) in [6.07, 6.45) is 9.13. The van der Waals surface area contributed by atoms with Crippen molar-refractivity contribution in [2.24, 2.45) is 34.5 Å². The van der Waals surface area contributed by atoms with Crippen LogP contribution in [-0.2, 0) is 12.8 Å². The first kappa shape index (κ1) is 21.1. The highest BCUT2D eigenvalue weighted by Crippen LogP contribution is 2.63. The molecular formula is C25H39N3OS. The van der Waals surface area contributed by atoms with Gasteiger partial charge in [0.15, 0.2) is 0 Å². The van der Waals surface area contributed by atoms with Crippen molar-refractivity contribution in [1.29, 1.82) is 0 Å². The zero-order chi connectivity index (χ0) is 20.9. The van der Waals surface area contributed by atoms with Gasteiger partial charge < -0.3 is 10.0 Å². The van der Waals surface area contributed by atoms with Crippen molar-refractivity contribution in [3.8, 4) is 0 Å². The molecule has 4 nitrogen and oxygen atoms in total. The second kappa shape index (κ2) is 7.97. The average molecular weight is 430 g/mol. The van der Waals surface area contributed by atoms with Crippen LogP contribution in [0.5, 0.6) is 0 Å². The molecule has 5 rings (SSSR count). The summed E-state index contributed by atoms with van der Waals surface area (Å²) < 4.78 is 0. The van der Waals surface area contributed by atoms with Gasteiger partial charge in [0.05, 0.1) is 6.20 Å². The number of nitrogens with one attached hydrogen (secondary N) is 1. The van der Waals surface area contributed by atoms with Gasteiger partial charge in [-0.1, -0.05) is 26.0 Å². The minimum atomic E-state index is 0.145. The normalized spacial score (nSPS) is 42.2. The van der Waals surface area contributed by atoms with Crippen LogP contribution in [0.2, 0.25) is 0 Å². The fourth-order valence-corrected chi connectivity index (χ4v) is 8.74. The number of aromatic amines is 1. The van der Waals surface area contributed by atoms with Crippen LogP contribution in [0.15, 0.2) is 18.3 Å². The van der Waals surface area contributed by atoms with Crippen LogP contribution in [0.25, 0.3) is 0 Å². The van der Waals surface area contributed by atoms with Gasteiger partial charge in [0, 0.05) is 43.4 Å². The fourth-order valence-electron chi connectivity index (χ4n) is 7.76. The van der Waals surface area contributed by atoms with E-state index in [0.29, 0.717) is 23.2 Å². The van der Waals surface area contributed by atoms with E-state index >= 15 is 0 Å². The van der Waals surface area contributed by atoms with Crippen LogP contribution in [0.1, 0.15) is 50.8 Å². The number of fused-ring (bicyclic) bond motifs is 2. The van der Waals surface area contributed by atoms with Crippen LogP contribution in [0.3, 0.4) is 0 Å². The molecule has 2 heterocycles. The number of hydrogen-bond donors (Lipinski definition) is 2. The fraction of sp³-hybridized carbons (Fsp3) is 0.800. The predicted octanol–water partition coefficient (Wildman–Crippen LogP) is 4.17. The SMILES string of the molecule is C=C1CCC2C(CN3CCSCC3)C([C@@]3(C)Cc4cn[nH]c4C[C@@H]3CO)CCC12C. The first-order valence-corrected chi connectivity index (χ1v) is 13.2. The van der Waals surface area contributed by atoms with E-state index in [1.165, 1.54) is 73.7 Å². The molecule has 5 heteroatoms. The van der Waals surface area contributed by atoms with Crippen molar-refractivity contribution >= 4 is 11.8 Å². The molecular weight excluding hydrogens is 390 g/mol. The summed E-state index contributed by atoms with van der Waals surface area (Å²) in [6.45, 7) is 13.6. The minimum absolute atomic E-state index is 0.145. The first-order valence-electron chi connectivity index (χ1n) is 12.1. The highest BCUT2D eigenvalue weighted by molar-refractivity contribution is 7.99. The Morgan fingerprint density at radius 2 is 2.07 bits per heavy atom. The lowest BCUT2D eigenvalue weighted by atomic mass is 9.49. The maximum absolute atomic E-state index is 10.4. The van der Waals surface area contributed by atoms with Gasteiger partial charge in [0.2, 0.25) is 0 Å². The first-order chi connectivity index (χ1) is 14.5. The molecule has 2 saturated carbocycles. The summed E-state index contributed by atoms with van der Waals surface area (Å²) >= 11 is 2.11. The van der Waals surface area contributed by atoms with E-state index < -0.39 is 0 Å². The number of H-pyrrole nitrogens is 1. The Bertz CT molecular complexity index is 787. The molecule has 3 aliphatic carbocycles. The number of nitrogens with zero attached hydrogens (tertiary/aromatic N) is 2. The lowest BCUT2D eigenvalue weighted by Gasteiger charge is -2.56. The van der Waals surface area contributed by atoms with Crippen LogP contribution in [0, 0.1) is 34.5 Å². The van der Waals surface area contributed by atoms with Gasteiger partial charge in [-0.05, 0) is 78.6 Å². The van der Waals surface area contributed by atoms with Gasteiger partial charge in [-0.3, -0.25) is 5.10 Å². The molecule has 0 spiro atoms. The molecule has 1 aromatic heterocycles. The van der Waals surface area contributed by atoms with Gasteiger partial charge in [-0.2, -0.15) is 16.9 Å². The Morgan fingerprint density at radius 3 is 2.83 bits per heavy atom. The predicted molar refractivity (Wildman–Crippen MR) is 125 cm³/mol. The molecule has 2 N–H and O–H groups in total. The average Bonchev–Trinajstić information content (AvgIpc) is 3.31. The molecule has 0 radical (unpaired) electrons. The van der Waals surface area contributed by atoms with Crippen LogP contribution >= 0.6 is 11.8 Å². The van der Waals surface area contributed by atoms with Gasteiger partial charge in [0.25, 0.3) is 0 Å². The van der Waals surface area contributed by atoms with E-state index in [9.17, 15) is 5.11 Å². The molecule has 166 valence electrons. The third-order valence-electron chi connectivity index (χ3n) is 9.79. The zero-order valence-corrected chi connectivity index (χ0v) is 19.6. The Morgan fingerprint density at radius 1 is 1.27 bits per heavy atom. The summed E-state index contributed by atoms with van der Waals surface area (Å²) in [6, 6.07) is 0. The van der Waals surface area contributed by atoms with E-state index in [-0.39, 0.29) is 12.0 Å². The molecule has 3 fully saturated rings. The molecule has 4 aliphatic rings. The second-order valence-corrected chi connectivity index (χ2v) is 12.3. The lowest BCUT2D eigenvalue weighted by molar-refractivity contribution is -0.0662. The number of aliphatic hydroxyl groups is 1. The largest absolute Gasteiger partial charge is 0.396 e. The van der Waals surface area contributed by atoms with E-state index in [1.54, 1.807) is 0 Å². The van der Waals surface area contributed by atoms with E-state index in [1.807, 2.05) is 6.20 Å². The zero-order valence-electron chi connectivity index (χ0n) is 18.8. The molecule has 0 aromatic carbocycles. The third kappa shape index (κ3) is 3.31. The van der Waals surface area contributed by atoms with Gasteiger partial charge in [-0.25, -0.2) is 0 Å². The van der Waals surface area contributed by atoms with Crippen LogP contribution < -0.4 is 0 Å². The van der Waals surface area contributed by atoms with Crippen molar-refractivity contribution in [2.45, 2.75) is 52.4 Å². The van der Waals surface area contributed by atoms with Gasteiger partial charge in [-0.15, -0.1) is 0 Å². The Labute approximate surface area is 186 Å². The van der Waals surface area contributed by atoms with E-state index in [4.69, 9.17) is 0 Å². The molecule has 4 unspecified atom stereocenters. The van der Waals surface area contributed by atoms with Crippen molar-refractivity contribution in [3.05, 3.63) is 29.6 Å². The second-order valence-electron chi connectivity index (χ2n) is 11.0. The van der Waals surface area contributed by atoms with E-state index in [2.05, 4.69) is 47.3 Å². The van der Waals surface area contributed by atoms with E-state index in [0.717, 1.165) is 18.8 Å². The molecule has 1 aromatic rings. The Kier molecular flexibility index (Phi) is 5.60.